The molecule has 0 aromatic rings. The average molecular weight is 276 g/mol. The Kier molecular flexibility index (Phi) is 8.62. The molecular weight excluding hydrogens is 252 g/mol. The van der Waals surface area contributed by atoms with Crippen LogP contribution in [0.4, 0.5) is 4.79 Å². The summed E-state index contributed by atoms with van der Waals surface area (Å²) in [6.07, 6.45) is 0.880. The molecule has 6 heteroatoms. The SMILES string of the molecule is CCSCCC(C)NC(=O)N[C@@H](C(=O)O)C(C)C. The average Bonchev–Trinajstić information content (AvgIpc) is 2.25. The number of carboxylic acids is 1. The molecule has 0 heterocycles. The smallest absolute Gasteiger partial charge is 0.326 e. The van der Waals surface area contributed by atoms with E-state index in [0.717, 1.165) is 17.9 Å². The van der Waals surface area contributed by atoms with Gasteiger partial charge in [-0.3, -0.25) is 0 Å². The molecule has 2 atom stereocenters. The maximum Gasteiger partial charge on any atom is 0.326 e. The fraction of sp³-hybridized carbons (Fsp3) is 0.833. The fourth-order valence-electron chi connectivity index (χ4n) is 1.40. The van der Waals surface area contributed by atoms with Crippen molar-refractivity contribution in [3.8, 4) is 0 Å². The van der Waals surface area contributed by atoms with Crippen LogP contribution in [0.2, 0.25) is 0 Å². The number of hydrogen-bond acceptors (Lipinski definition) is 3. The lowest BCUT2D eigenvalue weighted by atomic mass is 10.1. The van der Waals surface area contributed by atoms with Crippen LogP contribution in [0.15, 0.2) is 0 Å². The normalized spacial score (nSPS) is 14.1. The Morgan fingerprint density at radius 3 is 2.28 bits per heavy atom. The Labute approximate surface area is 113 Å². The predicted molar refractivity (Wildman–Crippen MR) is 75.0 cm³/mol. The van der Waals surface area contributed by atoms with E-state index in [4.69, 9.17) is 5.11 Å². The minimum atomic E-state index is -1.01. The summed E-state index contributed by atoms with van der Waals surface area (Å²) in [6.45, 7) is 7.54. The highest BCUT2D eigenvalue weighted by Gasteiger charge is 2.23. The molecule has 5 nitrogen and oxygen atoms in total. The van der Waals surface area contributed by atoms with Crippen LogP contribution in [0.5, 0.6) is 0 Å². The van der Waals surface area contributed by atoms with E-state index in [2.05, 4.69) is 17.6 Å². The standard InChI is InChI=1S/C12H24N2O3S/c1-5-18-7-6-9(4)13-12(17)14-10(8(2)3)11(15)16/h8-10H,5-7H2,1-4H3,(H,15,16)(H2,13,14,17)/t9?,10-/m1/s1. The first-order valence-corrected chi connectivity index (χ1v) is 7.41. The molecule has 0 aliphatic rings. The van der Waals surface area contributed by atoms with Gasteiger partial charge in [0.1, 0.15) is 6.04 Å². The van der Waals surface area contributed by atoms with Gasteiger partial charge in [0.15, 0.2) is 0 Å². The minimum absolute atomic E-state index is 0.0469. The zero-order valence-electron chi connectivity index (χ0n) is 11.5. The lowest BCUT2D eigenvalue weighted by Gasteiger charge is -2.20. The molecule has 0 fully saturated rings. The highest BCUT2D eigenvalue weighted by atomic mass is 32.2. The van der Waals surface area contributed by atoms with E-state index in [1.807, 2.05) is 18.7 Å². The zero-order valence-corrected chi connectivity index (χ0v) is 12.3. The number of amides is 2. The first-order valence-electron chi connectivity index (χ1n) is 6.26. The van der Waals surface area contributed by atoms with Crippen LogP contribution in [0.1, 0.15) is 34.1 Å². The van der Waals surface area contributed by atoms with Crippen molar-refractivity contribution in [2.24, 2.45) is 5.92 Å². The molecule has 0 radical (unpaired) electrons. The summed E-state index contributed by atoms with van der Waals surface area (Å²) in [7, 11) is 0. The molecule has 0 aromatic heterocycles. The number of carboxylic acid groups (broad SMARTS) is 1. The molecule has 0 aliphatic heterocycles. The van der Waals surface area contributed by atoms with Gasteiger partial charge in [0.25, 0.3) is 0 Å². The van der Waals surface area contributed by atoms with Crippen molar-refractivity contribution in [2.75, 3.05) is 11.5 Å². The maximum absolute atomic E-state index is 11.6. The Balaban J connectivity index is 4.04. The van der Waals surface area contributed by atoms with E-state index >= 15 is 0 Å². The summed E-state index contributed by atoms with van der Waals surface area (Å²) >= 11 is 1.82. The van der Waals surface area contributed by atoms with Gasteiger partial charge in [-0.1, -0.05) is 20.8 Å². The second kappa shape index (κ2) is 9.08. The van der Waals surface area contributed by atoms with E-state index < -0.39 is 18.0 Å². The van der Waals surface area contributed by atoms with Crippen LogP contribution in [0.25, 0.3) is 0 Å². The summed E-state index contributed by atoms with van der Waals surface area (Å²) in [5, 5.41) is 14.2. The van der Waals surface area contributed by atoms with Gasteiger partial charge in [-0.05, 0) is 30.8 Å². The Hall–Kier alpha value is -0.910. The zero-order chi connectivity index (χ0) is 14.1. The number of carbonyl (C=O) groups is 2. The van der Waals surface area contributed by atoms with E-state index in [1.165, 1.54) is 0 Å². The molecule has 0 spiro atoms. The largest absolute Gasteiger partial charge is 0.480 e. The van der Waals surface area contributed by atoms with Gasteiger partial charge in [0.2, 0.25) is 0 Å². The van der Waals surface area contributed by atoms with Crippen molar-refractivity contribution < 1.29 is 14.7 Å². The van der Waals surface area contributed by atoms with E-state index in [0.29, 0.717) is 0 Å². The monoisotopic (exact) mass is 276 g/mol. The minimum Gasteiger partial charge on any atom is -0.480 e. The third-order valence-corrected chi connectivity index (χ3v) is 3.43. The van der Waals surface area contributed by atoms with Gasteiger partial charge in [-0.25, -0.2) is 9.59 Å². The van der Waals surface area contributed by atoms with Crippen molar-refractivity contribution >= 4 is 23.8 Å². The van der Waals surface area contributed by atoms with Crippen LogP contribution in [-0.2, 0) is 4.79 Å². The molecule has 0 rings (SSSR count). The van der Waals surface area contributed by atoms with Gasteiger partial charge in [0, 0.05) is 6.04 Å². The molecule has 0 aromatic carbocycles. The number of aliphatic carboxylic acids is 1. The third kappa shape index (κ3) is 7.42. The summed E-state index contributed by atoms with van der Waals surface area (Å²) < 4.78 is 0. The molecular formula is C12H24N2O3S. The Bertz CT molecular complexity index is 272. The highest BCUT2D eigenvalue weighted by Crippen LogP contribution is 2.04. The van der Waals surface area contributed by atoms with Crippen molar-refractivity contribution in [1.82, 2.24) is 10.6 Å². The van der Waals surface area contributed by atoms with E-state index in [-0.39, 0.29) is 12.0 Å². The first kappa shape index (κ1) is 17.1. The van der Waals surface area contributed by atoms with Crippen LogP contribution in [0.3, 0.4) is 0 Å². The van der Waals surface area contributed by atoms with Crippen LogP contribution in [0, 0.1) is 5.92 Å². The molecule has 3 N–H and O–H groups in total. The van der Waals surface area contributed by atoms with Crippen LogP contribution < -0.4 is 10.6 Å². The first-order chi connectivity index (χ1) is 8.38. The Morgan fingerprint density at radius 2 is 1.83 bits per heavy atom. The van der Waals surface area contributed by atoms with Gasteiger partial charge in [0.05, 0.1) is 0 Å². The molecule has 0 saturated carbocycles. The molecule has 0 aliphatic carbocycles. The van der Waals surface area contributed by atoms with Crippen molar-refractivity contribution in [1.29, 1.82) is 0 Å². The van der Waals surface area contributed by atoms with E-state index in [9.17, 15) is 9.59 Å². The fourth-order valence-corrected chi connectivity index (χ4v) is 2.21. The number of thioether (sulfide) groups is 1. The molecule has 0 saturated heterocycles. The topological polar surface area (TPSA) is 78.4 Å². The van der Waals surface area contributed by atoms with Crippen LogP contribution >= 0.6 is 11.8 Å². The van der Waals surface area contributed by atoms with Gasteiger partial charge in [-0.15, -0.1) is 0 Å². The lowest BCUT2D eigenvalue weighted by molar-refractivity contribution is -0.140. The van der Waals surface area contributed by atoms with Gasteiger partial charge >= 0.3 is 12.0 Å². The molecule has 18 heavy (non-hydrogen) atoms. The summed E-state index contributed by atoms with van der Waals surface area (Å²) in [4.78, 5) is 22.5. The molecule has 106 valence electrons. The second-order valence-electron chi connectivity index (χ2n) is 4.56. The number of nitrogens with one attached hydrogen (secondary N) is 2. The van der Waals surface area contributed by atoms with Gasteiger partial charge < -0.3 is 15.7 Å². The highest BCUT2D eigenvalue weighted by molar-refractivity contribution is 7.99. The molecule has 1 unspecified atom stereocenters. The lowest BCUT2D eigenvalue weighted by Crippen LogP contribution is -2.50. The molecule has 0 bridgehead atoms. The van der Waals surface area contributed by atoms with Crippen molar-refractivity contribution in [3.05, 3.63) is 0 Å². The summed E-state index contributed by atoms with van der Waals surface area (Å²) in [5.74, 6) is 0.909. The third-order valence-electron chi connectivity index (χ3n) is 2.50. The van der Waals surface area contributed by atoms with Crippen LogP contribution in [-0.4, -0.2) is 40.7 Å². The van der Waals surface area contributed by atoms with Crippen molar-refractivity contribution in [3.63, 3.8) is 0 Å². The number of hydrogen-bond donors (Lipinski definition) is 3. The number of carbonyl (C=O) groups excluding carboxylic acids is 1. The second-order valence-corrected chi connectivity index (χ2v) is 5.96. The molecule has 2 amide bonds. The summed E-state index contributed by atoms with van der Waals surface area (Å²) in [5.41, 5.74) is 0. The number of rotatable bonds is 8. The Morgan fingerprint density at radius 1 is 1.22 bits per heavy atom. The predicted octanol–water partition coefficient (Wildman–Crippen LogP) is 1.93. The summed E-state index contributed by atoms with van der Waals surface area (Å²) in [6, 6.07) is -1.21. The number of urea groups is 1. The van der Waals surface area contributed by atoms with Gasteiger partial charge in [-0.2, -0.15) is 11.8 Å². The quantitative estimate of drug-likeness (QED) is 0.592. The maximum atomic E-state index is 11.6. The van der Waals surface area contributed by atoms with Crippen molar-refractivity contribution in [2.45, 2.75) is 46.2 Å². The van der Waals surface area contributed by atoms with E-state index in [1.54, 1.807) is 13.8 Å².